The van der Waals surface area contributed by atoms with Crippen LogP contribution in [0.4, 0.5) is 0 Å². The lowest BCUT2D eigenvalue weighted by molar-refractivity contribution is 0.101. The van der Waals surface area contributed by atoms with E-state index in [1.54, 1.807) is 24.3 Å². The maximum Gasteiger partial charge on any atom is 0.159 e. The monoisotopic (exact) mass is 224 g/mol. The number of aliphatic imine (C=N–C) groups is 1. The molecule has 0 atom stereocenters. The number of Topliss-reactive ketones (excluding diaryl/α,β-unsaturated/α-hetero) is 1. The van der Waals surface area contributed by atoms with Crippen LogP contribution in [0, 0.1) is 11.3 Å². The van der Waals surface area contributed by atoms with Crippen LogP contribution in [0.15, 0.2) is 48.1 Å². The van der Waals surface area contributed by atoms with E-state index >= 15 is 0 Å². The summed E-state index contributed by atoms with van der Waals surface area (Å²) in [5, 5.41) is 8.49. The minimum absolute atomic E-state index is 0.0219. The lowest BCUT2D eigenvalue weighted by Crippen LogP contribution is -1.92. The summed E-state index contributed by atoms with van der Waals surface area (Å²) in [6, 6.07) is 8.87. The van der Waals surface area contributed by atoms with Crippen LogP contribution in [-0.4, -0.2) is 12.0 Å². The number of ketones is 1. The smallest absolute Gasteiger partial charge is 0.159 e. The van der Waals surface area contributed by atoms with Gasteiger partial charge in [-0.3, -0.25) is 4.79 Å². The SMILES string of the molecule is C=C(C#N)N=CC(=C)c1ccc(C(C)=O)cc1. The average Bonchev–Trinajstić information content (AvgIpc) is 2.35. The van der Waals surface area contributed by atoms with Gasteiger partial charge in [-0.25, -0.2) is 4.99 Å². The van der Waals surface area contributed by atoms with Gasteiger partial charge in [0.05, 0.1) is 0 Å². The highest BCUT2D eigenvalue weighted by atomic mass is 16.1. The molecule has 0 aliphatic rings. The molecule has 0 N–H and O–H groups in total. The predicted molar refractivity (Wildman–Crippen MR) is 68.7 cm³/mol. The summed E-state index contributed by atoms with van der Waals surface area (Å²) < 4.78 is 0. The third kappa shape index (κ3) is 3.54. The summed E-state index contributed by atoms with van der Waals surface area (Å²) in [6.07, 6.45) is 1.48. The Morgan fingerprint density at radius 1 is 1.29 bits per heavy atom. The van der Waals surface area contributed by atoms with Gasteiger partial charge in [0, 0.05) is 11.8 Å². The van der Waals surface area contributed by atoms with Crippen molar-refractivity contribution in [2.45, 2.75) is 6.92 Å². The number of nitrogens with zero attached hydrogens (tertiary/aromatic N) is 2. The van der Waals surface area contributed by atoms with Crippen molar-refractivity contribution in [3.63, 3.8) is 0 Å². The zero-order valence-electron chi connectivity index (χ0n) is 9.60. The molecule has 17 heavy (non-hydrogen) atoms. The number of nitriles is 1. The molecule has 0 aliphatic carbocycles. The van der Waals surface area contributed by atoms with Crippen LogP contribution in [0.2, 0.25) is 0 Å². The van der Waals surface area contributed by atoms with Crippen molar-refractivity contribution in [1.29, 1.82) is 5.26 Å². The van der Waals surface area contributed by atoms with Gasteiger partial charge in [-0.15, -0.1) is 0 Å². The van der Waals surface area contributed by atoms with Crippen molar-refractivity contribution in [3.8, 4) is 6.07 Å². The van der Waals surface area contributed by atoms with Crippen molar-refractivity contribution in [3.05, 3.63) is 54.2 Å². The molecule has 0 spiro atoms. The maximum absolute atomic E-state index is 11.1. The second-order valence-electron chi connectivity index (χ2n) is 3.48. The van der Waals surface area contributed by atoms with Gasteiger partial charge in [-0.1, -0.05) is 37.4 Å². The van der Waals surface area contributed by atoms with E-state index in [9.17, 15) is 4.79 Å². The van der Waals surface area contributed by atoms with Crippen molar-refractivity contribution in [1.82, 2.24) is 0 Å². The Hall–Kier alpha value is -2.47. The Morgan fingerprint density at radius 3 is 2.29 bits per heavy atom. The molecule has 3 heteroatoms. The Bertz CT molecular complexity index is 530. The summed E-state index contributed by atoms with van der Waals surface area (Å²) in [4.78, 5) is 14.9. The molecule has 0 aliphatic heterocycles. The third-order valence-electron chi connectivity index (χ3n) is 2.17. The Kier molecular flexibility index (Phi) is 4.13. The molecule has 0 amide bonds. The van der Waals surface area contributed by atoms with Gasteiger partial charge >= 0.3 is 0 Å². The van der Waals surface area contributed by atoms with Gasteiger partial charge in [0.15, 0.2) is 5.78 Å². The fourth-order valence-electron chi connectivity index (χ4n) is 1.18. The van der Waals surface area contributed by atoms with Crippen molar-refractivity contribution < 1.29 is 4.79 Å². The highest BCUT2D eigenvalue weighted by Crippen LogP contribution is 2.12. The predicted octanol–water partition coefficient (Wildman–Crippen LogP) is 3.01. The lowest BCUT2D eigenvalue weighted by atomic mass is 10.0. The molecule has 0 radical (unpaired) electrons. The molecular formula is C14H12N2O. The van der Waals surface area contributed by atoms with Crippen LogP contribution in [0.3, 0.4) is 0 Å². The fraction of sp³-hybridized carbons (Fsp3) is 0.0714. The van der Waals surface area contributed by atoms with Crippen LogP contribution in [-0.2, 0) is 0 Å². The third-order valence-corrected chi connectivity index (χ3v) is 2.17. The van der Waals surface area contributed by atoms with Gasteiger partial charge < -0.3 is 0 Å². The molecule has 0 aromatic heterocycles. The van der Waals surface area contributed by atoms with Gasteiger partial charge in [-0.2, -0.15) is 5.26 Å². The molecule has 0 saturated heterocycles. The van der Waals surface area contributed by atoms with Crippen LogP contribution in [0.25, 0.3) is 5.57 Å². The summed E-state index contributed by atoms with van der Waals surface area (Å²) in [6.45, 7) is 8.77. The number of rotatable bonds is 4. The molecule has 0 fully saturated rings. The standard InChI is InChI=1S/C14H12N2O/c1-10(9-16-11(2)8-15)13-4-6-14(7-5-13)12(3)17/h4-7,9H,1-2H2,3H3. The first-order chi connectivity index (χ1) is 8.04. The van der Waals surface area contributed by atoms with Gasteiger partial charge in [0.25, 0.3) is 0 Å². The van der Waals surface area contributed by atoms with Crippen molar-refractivity contribution >= 4 is 17.6 Å². The molecule has 3 nitrogen and oxygen atoms in total. The van der Waals surface area contributed by atoms with E-state index in [-0.39, 0.29) is 11.5 Å². The molecule has 84 valence electrons. The Labute approximate surface area is 100 Å². The number of carbonyl (C=O) groups is 1. The second kappa shape index (κ2) is 5.57. The second-order valence-corrected chi connectivity index (χ2v) is 3.48. The van der Waals surface area contributed by atoms with E-state index < -0.39 is 0 Å². The molecule has 0 bridgehead atoms. The average molecular weight is 224 g/mol. The Morgan fingerprint density at radius 2 is 1.82 bits per heavy atom. The quantitative estimate of drug-likeness (QED) is 0.448. The fourth-order valence-corrected chi connectivity index (χ4v) is 1.18. The molecule has 1 aromatic rings. The zero-order chi connectivity index (χ0) is 12.8. The van der Waals surface area contributed by atoms with Crippen LogP contribution in [0.5, 0.6) is 0 Å². The van der Waals surface area contributed by atoms with Crippen molar-refractivity contribution in [2.24, 2.45) is 4.99 Å². The lowest BCUT2D eigenvalue weighted by Gasteiger charge is -2.01. The summed E-state index contributed by atoms with van der Waals surface area (Å²) in [5.41, 5.74) is 2.30. The maximum atomic E-state index is 11.1. The van der Waals surface area contributed by atoms with E-state index in [0.717, 1.165) is 5.56 Å². The first-order valence-electron chi connectivity index (χ1n) is 4.98. The van der Waals surface area contributed by atoms with Crippen LogP contribution in [0.1, 0.15) is 22.8 Å². The van der Waals surface area contributed by atoms with Gasteiger partial charge in [0.2, 0.25) is 0 Å². The first kappa shape index (κ1) is 12.6. The number of hydrogen-bond donors (Lipinski definition) is 0. The summed E-state index contributed by atoms with van der Waals surface area (Å²) in [5.74, 6) is 0.0219. The Balaban J connectivity index is 2.84. The topological polar surface area (TPSA) is 53.2 Å². The first-order valence-corrected chi connectivity index (χ1v) is 4.98. The molecule has 0 unspecified atom stereocenters. The van der Waals surface area contributed by atoms with E-state index in [1.807, 2.05) is 6.07 Å². The number of carbonyl (C=O) groups excluding carboxylic acids is 1. The van der Waals surface area contributed by atoms with Gasteiger partial charge in [0.1, 0.15) is 11.8 Å². The largest absolute Gasteiger partial charge is 0.295 e. The molecule has 1 rings (SSSR count). The number of benzene rings is 1. The highest BCUT2D eigenvalue weighted by molar-refractivity contribution is 6.09. The van der Waals surface area contributed by atoms with E-state index in [0.29, 0.717) is 11.1 Å². The van der Waals surface area contributed by atoms with Gasteiger partial charge in [-0.05, 0) is 18.1 Å². The minimum atomic E-state index is 0.0219. The van der Waals surface area contributed by atoms with Crippen LogP contribution >= 0.6 is 0 Å². The van der Waals surface area contributed by atoms with E-state index in [1.165, 1.54) is 13.1 Å². The number of allylic oxidation sites excluding steroid dienone is 2. The van der Waals surface area contributed by atoms with Crippen molar-refractivity contribution in [2.75, 3.05) is 0 Å². The molecular weight excluding hydrogens is 212 g/mol. The van der Waals surface area contributed by atoms with E-state index in [2.05, 4.69) is 18.2 Å². The number of hydrogen-bond acceptors (Lipinski definition) is 3. The van der Waals surface area contributed by atoms with Crippen LogP contribution < -0.4 is 0 Å². The normalized spacial score (nSPS) is 9.88. The minimum Gasteiger partial charge on any atom is -0.295 e. The van der Waals surface area contributed by atoms with E-state index in [4.69, 9.17) is 5.26 Å². The zero-order valence-corrected chi connectivity index (χ0v) is 9.60. The highest BCUT2D eigenvalue weighted by Gasteiger charge is 2.00. The molecule has 0 saturated carbocycles. The summed E-state index contributed by atoms with van der Waals surface area (Å²) in [7, 11) is 0. The molecule has 0 heterocycles. The molecule has 1 aromatic carbocycles. The summed E-state index contributed by atoms with van der Waals surface area (Å²) >= 11 is 0.